The second kappa shape index (κ2) is 9.07. The third-order valence-corrected chi connectivity index (χ3v) is 4.53. The van der Waals surface area contributed by atoms with Gasteiger partial charge in [0, 0.05) is 18.3 Å². The Morgan fingerprint density at radius 2 is 1.88 bits per heavy atom. The van der Waals surface area contributed by atoms with Crippen LogP contribution in [0.3, 0.4) is 0 Å². The van der Waals surface area contributed by atoms with E-state index in [0.717, 1.165) is 4.90 Å². The fraction of sp³-hybridized carbons (Fsp3) is 0.211. The topological polar surface area (TPSA) is 204 Å². The van der Waals surface area contributed by atoms with Gasteiger partial charge >= 0.3 is 11.9 Å². The van der Waals surface area contributed by atoms with E-state index >= 15 is 0 Å². The third kappa shape index (κ3) is 4.95. The number of fused-ring (bicyclic) bond motifs is 1. The number of nitrogens with zero attached hydrogens (tertiary/aromatic N) is 4. The minimum Gasteiger partial charge on any atom is -0.481 e. The van der Waals surface area contributed by atoms with Crippen molar-refractivity contribution in [2.45, 2.75) is 19.0 Å². The lowest BCUT2D eigenvalue weighted by atomic mass is 10.1. The highest BCUT2D eigenvalue weighted by atomic mass is 16.4. The lowest BCUT2D eigenvalue weighted by molar-refractivity contribution is -0.148. The molecule has 6 N–H and O–H groups in total. The van der Waals surface area contributed by atoms with Gasteiger partial charge in [-0.05, 0) is 24.3 Å². The number of carboxylic acids is 2. The smallest absolute Gasteiger partial charge is 0.327 e. The number of rotatable bonds is 8. The molecule has 13 nitrogen and oxygen atoms in total. The van der Waals surface area contributed by atoms with Crippen LogP contribution in [0.4, 0.5) is 11.6 Å². The van der Waals surface area contributed by atoms with Crippen LogP contribution in [0.15, 0.2) is 35.3 Å². The van der Waals surface area contributed by atoms with Crippen molar-refractivity contribution in [2.24, 2.45) is 0 Å². The highest BCUT2D eigenvalue weighted by Gasteiger charge is 2.29. The minimum atomic E-state index is -1.49. The molecule has 1 aromatic carbocycles. The largest absolute Gasteiger partial charge is 0.481 e. The molecule has 0 unspecified atom stereocenters. The number of hydrogen-bond donors (Lipinski definition) is 5. The van der Waals surface area contributed by atoms with Crippen molar-refractivity contribution >= 4 is 40.6 Å². The van der Waals surface area contributed by atoms with E-state index in [1.54, 1.807) is 12.1 Å². The summed E-state index contributed by atoms with van der Waals surface area (Å²) in [5.41, 5.74) is 6.43. The van der Waals surface area contributed by atoms with Crippen molar-refractivity contribution in [3.8, 4) is 0 Å². The molecule has 1 amide bonds. The van der Waals surface area contributed by atoms with Crippen LogP contribution in [0, 0.1) is 0 Å². The molecule has 0 spiro atoms. The van der Waals surface area contributed by atoms with E-state index in [1.807, 2.05) is 0 Å². The van der Waals surface area contributed by atoms with Gasteiger partial charge in [-0.1, -0.05) is 0 Å². The highest BCUT2D eigenvalue weighted by Crippen LogP contribution is 2.15. The van der Waals surface area contributed by atoms with Crippen LogP contribution in [0.2, 0.25) is 0 Å². The van der Waals surface area contributed by atoms with Crippen molar-refractivity contribution in [1.82, 2.24) is 24.8 Å². The van der Waals surface area contributed by atoms with Crippen molar-refractivity contribution in [3.05, 3.63) is 52.1 Å². The number of anilines is 2. The molecule has 3 rings (SSSR count). The normalized spacial score (nSPS) is 11.7. The number of hydrogen-bond acceptors (Lipinski definition) is 9. The van der Waals surface area contributed by atoms with E-state index in [-0.39, 0.29) is 29.2 Å². The highest BCUT2D eigenvalue weighted by molar-refractivity contribution is 5.97. The first kappa shape index (κ1) is 22.1. The summed E-state index contributed by atoms with van der Waals surface area (Å²) >= 11 is 0. The monoisotopic (exact) mass is 441 g/mol. The van der Waals surface area contributed by atoms with Crippen molar-refractivity contribution in [2.75, 3.05) is 18.1 Å². The Morgan fingerprint density at radius 1 is 1.19 bits per heavy atom. The van der Waals surface area contributed by atoms with Gasteiger partial charge in [-0.15, -0.1) is 0 Å². The number of aliphatic carboxylic acids is 2. The lowest BCUT2D eigenvalue weighted by Crippen LogP contribution is -2.43. The molecule has 0 aliphatic heterocycles. The average molecular weight is 441 g/mol. The Balaban J connectivity index is 1.68. The summed E-state index contributed by atoms with van der Waals surface area (Å²) in [5, 5.41) is 21.1. The average Bonchev–Trinajstić information content (AvgIpc) is 2.75. The molecule has 0 saturated carbocycles. The molecule has 3 aromatic rings. The van der Waals surface area contributed by atoms with Gasteiger partial charge in [0.1, 0.15) is 6.04 Å². The van der Waals surface area contributed by atoms with Gasteiger partial charge in [0.2, 0.25) is 5.95 Å². The Morgan fingerprint density at radius 3 is 2.50 bits per heavy atom. The number of amides is 1. The molecule has 0 aliphatic rings. The Kier molecular flexibility index (Phi) is 6.28. The molecule has 2 heterocycles. The number of nitrogen functional groups attached to an aromatic ring is 1. The molecular weight excluding hydrogens is 422 g/mol. The number of nitrogens with two attached hydrogens (primary N) is 1. The van der Waals surface area contributed by atoms with Gasteiger partial charge in [0.25, 0.3) is 11.5 Å². The van der Waals surface area contributed by atoms with E-state index in [9.17, 15) is 24.3 Å². The Bertz CT molecular complexity index is 1240. The fourth-order valence-corrected chi connectivity index (χ4v) is 2.88. The van der Waals surface area contributed by atoms with E-state index in [1.165, 1.54) is 25.4 Å². The second-order valence-corrected chi connectivity index (χ2v) is 6.78. The van der Waals surface area contributed by atoms with Crippen LogP contribution in [0.25, 0.3) is 11.2 Å². The molecule has 13 heteroatoms. The van der Waals surface area contributed by atoms with Gasteiger partial charge in [0.15, 0.2) is 11.2 Å². The Hall–Kier alpha value is -4.55. The SMILES string of the molecule is CN(C(=O)c1ccc(NCc2cnc3nc(N)[nH]c(=O)c3n2)cc1)[C@H](CC(=O)O)C(=O)O. The van der Waals surface area contributed by atoms with Gasteiger partial charge < -0.3 is 26.2 Å². The molecule has 0 radical (unpaired) electrons. The maximum Gasteiger partial charge on any atom is 0.327 e. The quantitative estimate of drug-likeness (QED) is 0.312. The summed E-state index contributed by atoms with van der Waals surface area (Å²) < 4.78 is 0. The van der Waals surface area contributed by atoms with E-state index in [2.05, 4.69) is 25.3 Å². The zero-order chi connectivity index (χ0) is 23.4. The van der Waals surface area contributed by atoms with Crippen LogP contribution in [-0.4, -0.2) is 66.0 Å². The number of nitrogens with one attached hydrogen (secondary N) is 2. The molecular formula is C19H19N7O6. The van der Waals surface area contributed by atoms with Gasteiger partial charge in [-0.25, -0.2) is 14.8 Å². The van der Waals surface area contributed by atoms with E-state index in [4.69, 9.17) is 10.8 Å². The van der Waals surface area contributed by atoms with Gasteiger partial charge in [0.05, 0.1) is 24.9 Å². The van der Waals surface area contributed by atoms with Crippen LogP contribution >= 0.6 is 0 Å². The zero-order valence-electron chi connectivity index (χ0n) is 16.8. The number of carboxylic acid groups (broad SMARTS) is 2. The van der Waals surface area contributed by atoms with Gasteiger partial charge in [-0.2, -0.15) is 4.98 Å². The number of H-pyrrole nitrogens is 1. The van der Waals surface area contributed by atoms with Crippen LogP contribution in [-0.2, 0) is 16.1 Å². The third-order valence-electron chi connectivity index (χ3n) is 4.53. The van der Waals surface area contributed by atoms with Crippen LogP contribution in [0.1, 0.15) is 22.5 Å². The maximum absolute atomic E-state index is 12.5. The summed E-state index contributed by atoms with van der Waals surface area (Å²) in [6.45, 7) is 0.222. The van der Waals surface area contributed by atoms with Crippen molar-refractivity contribution < 1.29 is 24.6 Å². The summed E-state index contributed by atoms with van der Waals surface area (Å²) in [5.74, 6) is -3.42. The number of aromatic nitrogens is 4. The van der Waals surface area contributed by atoms with Crippen LogP contribution in [0.5, 0.6) is 0 Å². The Labute approximate surface area is 179 Å². The minimum absolute atomic E-state index is 0.0526. The standard InChI is InChI=1S/C19H19N7O6/c1-26(12(18(31)32)6-13(27)28)17(30)9-2-4-10(5-3-9)21-7-11-8-22-15-14(23-11)16(29)25-19(20)24-15/h2-5,8,12,21H,6-7H2,1H3,(H,27,28)(H,31,32)(H3,20,22,24,25,29)/t12-/m1/s1. The number of carbonyl (C=O) groups excluding carboxylic acids is 1. The first-order valence-corrected chi connectivity index (χ1v) is 9.23. The summed E-state index contributed by atoms with van der Waals surface area (Å²) in [6, 6.07) is 4.65. The molecule has 0 bridgehead atoms. The van der Waals surface area contributed by atoms with Crippen molar-refractivity contribution in [1.29, 1.82) is 0 Å². The molecule has 0 aliphatic carbocycles. The first-order chi connectivity index (χ1) is 15.2. The zero-order valence-corrected chi connectivity index (χ0v) is 16.8. The van der Waals surface area contributed by atoms with Gasteiger partial charge in [-0.3, -0.25) is 19.4 Å². The van der Waals surface area contributed by atoms with Crippen LogP contribution < -0.4 is 16.6 Å². The second-order valence-electron chi connectivity index (χ2n) is 6.78. The molecule has 0 saturated heterocycles. The summed E-state index contributed by atoms with van der Waals surface area (Å²) in [7, 11) is 1.23. The number of aromatic amines is 1. The molecule has 32 heavy (non-hydrogen) atoms. The first-order valence-electron chi connectivity index (χ1n) is 9.23. The number of carbonyl (C=O) groups is 3. The van der Waals surface area contributed by atoms with Crippen molar-refractivity contribution in [3.63, 3.8) is 0 Å². The molecule has 2 aromatic heterocycles. The molecule has 1 atom stereocenters. The predicted molar refractivity (Wildman–Crippen MR) is 112 cm³/mol. The van der Waals surface area contributed by atoms with E-state index < -0.39 is 35.9 Å². The summed E-state index contributed by atoms with van der Waals surface area (Å²) in [6.07, 6.45) is 0.734. The summed E-state index contributed by atoms with van der Waals surface area (Å²) in [4.78, 5) is 62.0. The lowest BCUT2D eigenvalue weighted by Gasteiger charge is -2.23. The predicted octanol–water partition coefficient (Wildman–Crippen LogP) is -0.0927. The molecule has 166 valence electrons. The number of benzene rings is 1. The fourth-order valence-electron chi connectivity index (χ4n) is 2.88. The molecule has 0 fully saturated rings. The maximum atomic E-state index is 12.5. The number of likely N-dealkylation sites (N-methyl/N-ethyl adjacent to an activating group) is 1. The van der Waals surface area contributed by atoms with E-state index in [0.29, 0.717) is 11.4 Å².